The molecule has 1 aromatic carbocycles. The topological polar surface area (TPSA) is 51.7 Å². The molecule has 0 saturated carbocycles. The fourth-order valence-corrected chi connectivity index (χ4v) is 4.13. The van der Waals surface area contributed by atoms with Crippen LogP contribution in [0.4, 0.5) is 0 Å². The maximum Gasteiger partial charge on any atom is 0.272 e. The fourth-order valence-electron chi connectivity index (χ4n) is 4.13. The smallest absolute Gasteiger partial charge is 0.272 e. The van der Waals surface area contributed by atoms with Crippen LogP contribution in [0.15, 0.2) is 36.4 Å². The van der Waals surface area contributed by atoms with Gasteiger partial charge in [0.25, 0.3) is 5.91 Å². The lowest BCUT2D eigenvalue weighted by molar-refractivity contribution is 0.0159. The molecule has 2 aliphatic heterocycles. The molecule has 2 saturated heterocycles. The molecule has 1 aromatic heterocycles. The molecule has 3 heterocycles. The zero-order valence-corrected chi connectivity index (χ0v) is 15.3. The number of hydrogen-bond acceptors (Lipinski definition) is 4. The average molecular weight is 354 g/mol. The van der Waals surface area contributed by atoms with Gasteiger partial charge in [-0.15, -0.1) is 0 Å². The summed E-state index contributed by atoms with van der Waals surface area (Å²) in [4.78, 5) is 19.4. The molecule has 0 aliphatic carbocycles. The van der Waals surface area contributed by atoms with Crippen molar-refractivity contribution in [1.82, 2.24) is 9.88 Å². The molecular formula is C21H26N2O3. The minimum Gasteiger partial charge on any atom is -0.379 e. The summed E-state index contributed by atoms with van der Waals surface area (Å²) >= 11 is 0. The van der Waals surface area contributed by atoms with E-state index in [9.17, 15) is 4.79 Å². The van der Waals surface area contributed by atoms with Gasteiger partial charge in [-0.1, -0.05) is 24.3 Å². The van der Waals surface area contributed by atoms with E-state index in [0.29, 0.717) is 12.3 Å². The molecule has 0 N–H and O–H groups in total. The van der Waals surface area contributed by atoms with Gasteiger partial charge in [-0.25, -0.2) is 4.98 Å². The number of fused-ring (bicyclic) bond motifs is 1. The van der Waals surface area contributed by atoms with Crippen molar-refractivity contribution in [2.75, 3.05) is 32.9 Å². The second-order valence-electron chi connectivity index (χ2n) is 7.48. The van der Waals surface area contributed by atoms with E-state index >= 15 is 0 Å². The minimum absolute atomic E-state index is 0.0374. The molecule has 5 heteroatoms. The number of piperidine rings is 1. The minimum atomic E-state index is 0.0374. The molecular weight excluding hydrogens is 328 g/mol. The third-order valence-electron chi connectivity index (χ3n) is 5.72. The van der Waals surface area contributed by atoms with Crippen LogP contribution in [0.2, 0.25) is 0 Å². The van der Waals surface area contributed by atoms with Crippen LogP contribution in [0.5, 0.6) is 0 Å². The Balaban J connectivity index is 1.39. The molecule has 0 bridgehead atoms. The predicted octanol–water partition coefficient (Wildman–Crippen LogP) is 3.28. The maximum atomic E-state index is 12.9. The molecule has 1 amide bonds. The van der Waals surface area contributed by atoms with Gasteiger partial charge in [0.15, 0.2) is 0 Å². The van der Waals surface area contributed by atoms with Gasteiger partial charge < -0.3 is 14.4 Å². The number of aromatic nitrogens is 1. The molecule has 2 aliphatic rings. The maximum absolute atomic E-state index is 12.9. The standard InChI is InChI=1S/C21H26N2O3/c1-2-25-14-17-13-21(15-26-17)9-11-23(12-10-21)20(24)19-8-7-16-5-3-4-6-18(16)22-19/h3-8,17H,2,9-15H2,1H3/t17-/m0/s1. The van der Waals surface area contributed by atoms with Crippen LogP contribution in [-0.2, 0) is 9.47 Å². The van der Waals surface area contributed by atoms with Gasteiger partial charge >= 0.3 is 0 Å². The van der Waals surface area contributed by atoms with E-state index in [1.807, 2.05) is 48.2 Å². The summed E-state index contributed by atoms with van der Waals surface area (Å²) in [6.07, 6.45) is 3.24. The molecule has 1 spiro atoms. The Bertz CT molecular complexity index is 784. The molecule has 0 unspecified atom stereocenters. The van der Waals surface area contributed by atoms with Crippen molar-refractivity contribution in [3.63, 3.8) is 0 Å². The summed E-state index contributed by atoms with van der Waals surface area (Å²) in [5.74, 6) is 0.0374. The number of benzene rings is 1. The molecule has 2 fully saturated rings. The average Bonchev–Trinajstić information content (AvgIpc) is 3.08. The van der Waals surface area contributed by atoms with E-state index in [1.54, 1.807) is 0 Å². The highest BCUT2D eigenvalue weighted by molar-refractivity contribution is 5.95. The van der Waals surface area contributed by atoms with Gasteiger partial charge in [0.2, 0.25) is 0 Å². The van der Waals surface area contributed by atoms with Crippen molar-refractivity contribution >= 4 is 16.8 Å². The molecule has 26 heavy (non-hydrogen) atoms. The largest absolute Gasteiger partial charge is 0.379 e. The third kappa shape index (κ3) is 3.46. The van der Waals surface area contributed by atoms with E-state index in [0.717, 1.165) is 56.5 Å². The van der Waals surface area contributed by atoms with E-state index in [2.05, 4.69) is 4.98 Å². The predicted molar refractivity (Wildman–Crippen MR) is 100 cm³/mol. The van der Waals surface area contributed by atoms with Crippen molar-refractivity contribution in [3.8, 4) is 0 Å². The Morgan fingerprint density at radius 3 is 2.88 bits per heavy atom. The third-order valence-corrected chi connectivity index (χ3v) is 5.72. The molecule has 2 aromatic rings. The Morgan fingerprint density at radius 2 is 2.08 bits per heavy atom. The monoisotopic (exact) mass is 354 g/mol. The van der Waals surface area contributed by atoms with Crippen LogP contribution < -0.4 is 0 Å². The number of hydrogen-bond donors (Lipinski definition) is 0. The van der Waals surface area contributed by atoms with Gasteiger partial charge in [0, 0.05) is 25.1 Å². The highest BCUT2D eigenvalue weighted by Gasteiger charge is 2.43. The second-order valence-corrected chi connectivity index (χ2v) is 7.48. The molecule has 0 radical (unpaired) electrons. The van der Waals surface area contributed by atoms with Gasteiger partial charge in [0.1, 0.15) is 5.69 Å². The van der Waals surface area contributed by atoms with Crippen LogP contribution in [0.25, 0.3) is 10.9 Å². The lowest BCUT2D eigenvalue weighted by atomic mass is 9.76. The first-order valence-corrected chi connectivity index (χ1v) is 9.53. The normalized spacial score (nSPS) is 22.2. The number of amides is 1. The van der Waals surface area contributed by atoms with E-state index in [-0.39, 0.29) is 17.4 Å². The summed E-state index contributed by atoms with van der Waals surface area (Å²) in [6.45, 7) is 5.77. The van der Waals surface area contributed by atoms with Crippen molar-refractivity contribution in [1.29, 1.82) is 0 Å². The van der Waals surface area contributed by atoms with Crippen molar-refractivity contribution in [2.45, 2.75) is 32.3 Å². The van der Waals surface area contributed by atoms with Crippen LogP contribution in [0, 0.1) is 5.41 Å². The zero-order valence-electron chi connectivity index (χ0n) is 15.3. The summed E-state index contributed by atoms with van der Waals surface area (Å²) in [5.41, 5.74) is 1.63. The van der Waals surface area contributed by atoms with Crippen LogP contribution in [0.3, 0.4) is 0 Å². The number of likely N-dealkylation sites (tertiary alicyclic amines) is 1. The number of carbonyl (C=O) groups is 1. The van der Waals surface area contributed by atoms with Crippen molar-refractivity contribution in [2.24, 2.45) is 5.41 Å². The molecule has 4 rings (SSSR count). The number of carbonyl (C=O) groups excluding carboxylic acids is 1. The van der Waals surface area contributed by atoms with Gasteiger partial charge in [0.05, 0.1) is 24.8 Å². The fraction of sp³-hybridized carbons (Fsp3) is 0.524. The van der Waals surface area contributed by atoms with E-state index in [4.69, 9.17) is 9.47 Å². The highest BCUT2D eigenvalue weighted by Crippen LogP contribution is 2.42. The van der Waals surface area contributed by atoms with E-state index in [1.165, 1.54) is 0 Å². The summed E-state index contributed by atoms with van der Waals surface area (Å²) < 4.78 is 11.4. The summed E-state index contributed by atoms with van der Waals surface area (Å²) in [6, 6.07) is 11.7. The van der Waals surface area contributed by atoms with Crippen LogP contribution >= 0.6 is 0 Å². The van der Waals surface area contributed by atoms with E-state index < -0.39 is 0 Å². The highest BCUT2D eigenvalue weighted by atomic mass is 16.5. The van der Waals surface area contributed by atoms with Crippen molar-refractivity contribution < 1.29 is 14.3 Å². The van der Waals surface area contributed by atoms with Gasteiger partial charge in [-0.05, 0) is 43.7 Å². The number of para-hydroxylation sites is 1. The molecule has 138 valence electrons. The SMILES string of the molecule is CCOC[C@@H]1CC2(CCN(C(=O)c3ccc4ccccc4n3)CC2)CO1. The second kappa shape index (κ2) is 7.33. The number of pyridine rings is 1. The first kappa shape index (κ1) is 17.4. The Labute approximate surface area is 154 Å². The van der Waals surface area contributed by atoms with Crippen LogP contribution in [0.1, 0.15) is 36.7 Å². The summed E-state index contributed by atoms with van der Waals surface area (Å²) in [7, 11) is 0. The van der Waals surface area contributed by atoms with Crippen molar-refractivity contribution in [3.05, 3.63) is 42.1 Å². The zero-order chi connectivity index (χ0) is 18.0. The Kier molecular flexibility index (Phi) is 4.92. The van der Waals surface area contributed by atoms with Crippen LogP contribution in [-0.4, -0.2) is 54.8 Å². The molecule has 1 atom stereocenters. The number of ether oxygens (including phenoxy) is 2. The van der Waals surface area contributed by atoms with Gasteiger partial charge in [-0.3, -0.25) is 4.79 Å². The first-order valence-electron chi connectivity index (χ1n) is 9.53. The number of rotatable bonds is 4. The summed E-state index contributed by atoms with van der Waals surface area (Å²) in [5, 5.41) is 1.06. The first-order chi connectivity index (χ1) is 12.7. The lowest BCUT2D eigenvalue weighted by Gasteiger charge is -2.38. The Morgan fingerprint density at radius 1 is 1.27 bits per heavy atom. The quantitative estimate of drug-likeness (QED) is 0.845. The Hall–Kier alpha value is -1.98. The van der Waals surface area contributed by atoms with Gasteiger partial charge in [-0.2, -0.15) is 0 Å². The lowest BCUT2D eigenvalue weighted by Crippen LogP contribution is -2.43. The number of nitrogens with zero attached hydrogens (tertiary/aromatic N) is 2. The molecule has 5 nitrogen and oxygen atoms in total.